The maximum absolute atomic E-state index is 13.1. The normalized spacial score (nSPS) is 10.6. The Kier molecular flexibility index (Phi) is 3.80. The summed E-state index contributed by atoms with van der Waals surface area (Å²) < 4.78 is 15.2. The Hall–Kier alpha value is -2.06. The quantitative estimate of drug-likeness (QED) is 0.767. The van der Waals surface area contributed by atoms with E-state index in [0.29, 0.717) is 16.1 Å². The molecule has 0 saturated heterocycles. The van der Waals surface area contributed by atoms with Crippen molar-refractivity contribution in [3.05, 3.63) is 52.5 Å². The van der Waals surface area contributed by atoms with Crippen LogP contribution in [-0.4, -0.2) is 24.5 Å². The number of benzene rings is 1. The summed E-state index contributed by atoms with van der Waals surface area (Å²) in [6.07, 6.45) is 4.83. The van der Waals surface area contributed by atoms with Crippen molar-refractivity contribution in [2.24, 2.45) is 0 Å². The van der Waals surface area contributed by atoms with Crippen molar-refractivity contribution in [3.63, 3.8) is 0 Å². The van der Waals surface area contributed by atoms with Crippen LogP contribution >= 0.6 is 27.5 Å². The second kappa shape index (κ2) is 5.74. The minimum Gasteiger partial charge on any atom is -0.323 e. The smallest absolute Gasteiger partial charge is 0.241 e. The molecular formula is C12H7BrClFN6. The van der Waals surface area contributed by atoms with E-state index < -0.39 is 0 Å². The topological polar surface area (TPSA) is 68.5 Å². The van der Waals surface area contributed by atoms with E-state index in [4.69, 9.17) is 11.6 Å². The van der Waals surface area contributed by atoms with Crippen LogP contribution in [0.3, 0.4) is 0 Å². The summed E-state index contributed by atoms with van der Waals surface area (Å²) in [5.41, 5.74) is 0.607. The zero-order chi connectivity index (χ0) is 14.8. The number of hydrogen-bond acceptors (Lipinski definition) is 5. The molecule has 6 nitrogen and oxygen atoms in total. The maximum atomic E-state index is 13.1. The second-order valence-electron chi connectivity index (χ2n) is 3.95. The average Bonchev–Trinajstić information content (AvgIpc) is 2.95. The van der Waals surface area contributed by atoms with Crippen molar-refractivity contribution in [3.8, 4) is 5.95 Å². The summed E-state index contributed by atoms with van der Waals surface area (Å²) in [4.78, 5) is 16.1. The highest BCUT2D eigenvalue weighted by Gasteiger charge is 2.09. The van der Waals surface area contributed by atoms with Crippen molar-refractivity contribution in [2.45, 2.75) is 0 Å². The van der Waals surface area contributed by atoms with Crippen molar-refractivity contribution in [2.75, 3.05) is 5.32 Å². The van der Waals surface area contributed by atoms with Crippen LogP contribution in [0.15, 0.2) is 41.4 Å². The molecule has 9 heteroatoms. The van der Waals surface area contributed by atoms with E-state index in [1.54, 1.807) is 29.4 Å². The second-order valence-corrected chi connectivity index (χ2v) is 5.14. The molecule has 2 heterocycles. The first-order valence-electron chi connectivity index (χ1n) is 5.74. The van der Waals surface area contributed by atoms with E-state index in [1.807, 2.05) is 0 Å². The van der Waals surface area contributed by atoms with Gasteiger partial charge in [-0.1, -0.05) is 0 Å². The molecule has 106 valence electrons. The number of imidazole rings is 1. The molecule has 0 aliphatic carbocycles. The van der Waals surface area contributed by atoms with Gasteiger partial charge in [-0.2, -0.15) is 15.0 Å². The van der Waals surface area contributed by atoms with Gasteiger partial charge in [-0.15, -0.1) is 0 Å². The molecule has 0 radical (unpaired) electrons. The first-order valence-corrected chi connectivity index (χ1v) is 6.91. The summed E-state index contributed by atoms with van der Waals surface area (Å²) in [6, 6.07) is 4.22. The Morgan fingerprint density at radius 1 is 1.24 bits per heavy atom. The lowest BCUT2D eigenvalue weighted by molar-refractivity contribution is 0.627. The van der Waals surface area contributed by atoms with Crippen LogP contribution in [0.25, 0.3) is 5.95 Å². The largest absolute Gasteiger partial charge is 0.323 e. The van der Waals surface area contributed by atoms with Crippen LogP contribution in [0.5, 0.6) is 0 Å². The van der Waals surface area contributed by atoms with Crippen LogP contribution in [-0.2, 0) is 0 Å². The van der Waals surface area contributed by atoms with Gasteiger partial charge >= 0.3 is 0 Å². The van der Waals surface area contributed by atoms with Gasteiger partial charge in [0.2, 0.25) is 17.2 Å². The van der Waals surface area contributed by atoms with E-state index >= 15 is 0 Å². The minimum atomic E-state index is -0.347. The zero-order valence-corrected chi connectivity index (χ0v) is 12.7. The summed E-state index contributed by atoms with van der Waals surface area (Å²) in [6.45, 7) is 0. The van der Waals surface area contributed by atoms with Gasteiger partial charge in [0, 0.05) is 16.9 Å². The van der Waals surface area contributed by atoms with Gasteiger partial charge in [-0.25, -0.2) is 9.37 Å². The predicted octanol–water partition coefficient (Wildman–Crippen LogP) is 3.36. The molecule has 3 rings (SSSR count). The summed E-state index contributed by atoms with van der Waals surface area (Å²) in [5.74, 6) is 0.222. The first-order chi connectivity index (χ1) is 10.1. The monoisotopic (exact) mass is 368 g/mol. The molecule has 3 aromatic rings. The zero-order valence-electron chi connectivity index (χ0n) is 10.3. The third kappa shape index (κ3) is 3.17. The van der Waals surface area contributed by atoms with Gasteiger partial charge in [0.25, 0.3) is 0 Å². The molecule has 0 saturated carbocycles. The summed E-state index contributed by atoms with van der Waals surface area (Å²) in [5, 5.41) is 2.99. The predicted molar refractivity (Wildman–Crippen MR) is 79.3 cm³/mol. The molecule has 0 aliphatic rings. The molecule has 1 N–H and O–H groups in total. The Balaban J connectivity index is 1.95. The minimum absolute atomic E-state index is 0.0365. The van der Waals surface area contributed by atoms with Gasteiger partial charge in [0.15, 0.2) is 0 Å². The number of hydrogen-bond donors (Lipinski definition) is 1. The molecule has 0 unspecified atom stereocenters. The number of aromatic nitrogens is 5. The number of rotatable bonds is 3. The van der Waals surface area contributed by atoms with Crippen molar-refractivity contribution < 1.29 is 4.39 Å². The standard InChI is InChI=1S/C12H7BrClFN6/c13-8-5-7(15)1-2-9(8)17-11-18-10(14)19-12(20-11)21-4-3-16-6-21/h1-6H,(H,17,18,19,20). The number of anilines is 2. The fraction of sp³-hybridized carbons (Fsp3) is 0. The Bertz CT molecular complexity index is 779. The van der Waals surface area contributed by atoms with Crippen LogP contribution in [0.1, 0.15) is 0 Å². The van der Waals surface area contributed by atoms with E-state index in [0.717, 1.165) is 0 Å². The van der Waals surface area contributed by atoms with E-state index in [-0.39, 0.29) is 17.0 Å². The molecule has 1 aromatic carbocycles. The maximum Gasteiger partial charge on any atom is 0.241 e. The highest BCUT2D eigenvalue weighted by molar-refractivity contribution is 9.10. The lowest BCUT2D eigenvalue weighted by atomic mass is 10.3. The lowest BCUT2D eigenvalue weighted by Gasteiger charge is -2.08. The highest BCUT2D eigenvalue weighted by Crippen LogP contribution is 2.25. The lowest BCUT2D eigenvalue weighted by Crippen LogP contribution is -2.05. The van der Waals surface area contributed by atoms with E-state index in [1.165, 1.54) is 12.1 Å². The fourth-order valence-electron chi connectivity index (χ4n) is 1.60. The van der Waals surface area contributed by atoms with E-state index in [9.17, 15) is 4.39 Å². The van der Waals surface area contributed by atoms with Crippen LogP contribution in [0, 0.1) is 5.82 Å². The molecule has 2 aromatic heterocycles. The van der Waals surface area contributed by atoms with Gasteiger partial charge in [0.1, 0.15) is 12.1 Å². The fourth-order valence-corrected chi connectivity index (χ4v) is 2.21. The third-order valence-corrected chi connectivity index (χ3v) is 3.33. The molecular weight excluding hydrogens is 363 g/mol. The van der Waals surface area contributed by atoms with Crippen molar-refractivity contribution in [1.82, 2.24) is 24.5 Å². The van der Waals surface area contributed by atoms with Gasteiger partial charge in [-0.05, 0) is 45.7 Å². The molecule has 0 spiro atoms. The number of halogens is 3. The molecule has 0 aliphatic heterocycles. The molecule has 21 heavy (non-hydrogen) atoms. The Labute approximate surface area is 132 Å². The third-order valence-electron chi connectivity index (χ3n) is 2.51. The number of nitrogens with zero attached hydrogens (tertiary/aromatic N) is 5. The first kappa shape index (κ1) is 13.9. The molecule has 0 fully saturated rings. The van der Waals surface area contributed by atoms with Crippen molar-refractivity contribution in [1.29, 1.82) is 0 Å². The van der Waals surface area contributed by atoms with Crippen molar-refractivity contribution >= 4 is 39.2 Å². The molecule has 0 bridgehead atoms. The number of nitrogens with one attached hydrogen (secondary N) is 1. The average molecular weight is 370 g/mol. The van der Waals surface area contributed by atoms with Gasteiger partial charge < -0.3 is 5.32 Å². The van der Waals surface area contributed by atoms with Gasteiger partial charge in [0.05, 0.1) is 5.69 Å². The van der Waals surface area contributed by atoms with Gasteiger partial charge in [-0.3, -0.25) is 4.57 Å². The van der Waals surface area contributed by atoms with Crippen LogP contribution < -0.4 is 5.32 Å². The van der Waals surface area contributed by atoms with E-state index in [2.05, 4.69) is 41.2 Å². The Morgan fingerprint density at radius 2 is 2.10 bits per heavy atom. The molecule has 0 atom stereocenters. The molecule has 0 amide bonds. The SMILES string of the molecule is Fc1ccc(Nc2nc(Cl)nc(-n3ccnc3)n2)c(Br)c1. The summed E-state index contributed by atoms with van der Waals surface area (Å²) in [7, 11) is 0. The van der Waals surface area contributed by atoms with Crippen LogP contribution in [0.4, 0.5) is 16.0 Å². The van der Waals surface area contributed by atoms with Crippen LogP contribution in [0.2, 0.25) is 5.28 Å². The highest BCUT2D eigenvalue weighted by atomic mass is 79.9. The Morgan fingerprint density at radius 3 is 2.81 bits per heavy atom. The summed E-state index contributed by atoms with van der Waals surface area (Å²) >= 11 is 9.15.